The molecule has 20 heavy (non-hydrogen) atoms. The van der Waals surface area contributed by atoms with Gasteiger partial charge in [-0.25, -0.2) is 0 Å². The van der Waals surface area contributed by atoms with Gasteiger partial charge in [-0.05, 0) is 26.2 Å². The van der Waals surface area contributed by atoms with E-state index >= 15 is 0 Å². The first-order valence-corrected chi connectivity index (χ1v) is 9.46. The fourth-order valence-corrected chi connectivity index (χ4v) is 2.83. The summed E-state index contributed by atoms with van der Waals surface area (Å²) in [6.07, 6.45) is 23.7. The van der Waals surface area contributed by atoms with Crippen LogP contribution in [0.25, 0.3) is 0 Å². The first-order valence-electron chi connectivity index (χ1n) is 9.46. The second-order valence-corrected chi connectivity index (χ2v) is 6.48. The molecule has 0 saturated carbocycles. The molecule has 0 aliphatic rings. The predicted octanol–water partition coefficient (Wildman–Crippen LogP) is 7.82. The van der Waals surface area contributed by atoms with Crippen LogP contribution in [0, 0.1) is 0 Å². The molecule has 0 aromatic carbocycles. The van der Waals surface area contributed by atoms with E-state index in [0.717, 1.165) is 0 Å². The van der Waals surface area contributed by atoms with Crippen molar-refractivity contribution in [2.45, 2.75) is 117 Å². The summed E-state index contributed by atoms with van der Waals surface area (Å²) in [6.45, 7) is 6.84. The zero-order valence-corrected chi connectivity index (χ0v) is 14.7. The van der Waals surface area contributed by atoms with Crippen molar-refractivity contribution in [1.82, 2.24) is 0 Å². The van der Waals surface area contributed by atoms with E-state index in [0.29, 0.717) is 0 Å². The summed E-state index contributed by atoms with van der Waals surface area (Å²) in [6, 6.07) is 0. The van der Waals surface area contributed by atoms with Gasteiger partial charge in [0.05, 0.1) is 0 Å². The maximum absolute atomic E-state index is 2.46. The monoisotopic (exact) mass is 280 g/mol. The predicted molar refractivity (Wildman–Crippen MR) is 94.4 cm³/mol. The Hall–Kier alpha value is -0.260. The van der Waals surface area contributed by atoms with Crippen molar-refractivity contribution in [2.75, 3.05) is 0 Å². The lowest BCUT2D eigenvalue weighted by molar-refractivity contribution is 0.544. The topological polar surface area (TPSA) is 0 Å². The fraction of sp³-hybridized carbons (Fsp3) is 0.900. The lowest BCUT2D eigenvalue weighted by Crippen LogP contribution is -1.83. The molecule has 0 atom stereocenters. The molecular weight excluding hydrogens is 240 g/mol. The minimum absolute atomic E-state index is 1.29. The molecule has 0 rings (SSSR count). The van der Waals surface area contributed by atoms with E-state index in [9.17, 15) is 0 Å². The van der Waals surface area contributed by atoms with Gasteiger partial charge in [0.15, 0.2) is 0 Å². The number of hydrogen-bond acceptors (Lipinski definition) is 0. The molecule has 0 nitrogen and oxygen atoms in total. The molecule has 0 radical (unpaired) electrons. The van der Waals surface area contributed by atoms with Crippen LogP contribution >= 0.6 is 0 Å². The Labute approximate surface area is 129 Å². The Kier molecular flexibility index (Phi) is 16.6. The summed E-state index contributed by atoms with van der Waals surface area (Å²) >= 11 is 0. The van der Waals surface area contributed by atoms with Crippen molar-refractivity contribution >= 4 is 0 Å². The van der Waals surface area contributed by atoms with E-state index in [1.54, 1.807) is 5.57 Å². The Balaban J connectivity index is 3.08. The Morgan fingerprint density at radius 1 is 0.600 bits per heavy atom. The maximum atomic E-state index is 2.46. The Bertz CT molecular complexity index is 202. The van der Waals surface area contributed by atoms with Crippen molar-refractivity contribution < 1.29 is 0 Å². The van der Waals surface area contributed by atoms with Gasteiger partial charge < -0.3 is 0 Å². The largest absolute Gasteiger partial charge is 0.0856 e. The van der Waals surface area contributed by atoms with E-state index in [2.05, 4.69) is 26.8 Å². The molecule has 0 unspecified atom stereocenters. The summed E-state index contributed by atoms with van der Waals surface area (Å²) in [4.78, 5) is 0. The zero-order chi connectivity index (χ0) is 14.9. The third-order valence-corrected chi connectivity index (χ3v) is 4.19. The smallest absolute Gasteiger partial charge is 0.0326 e. The second-order valence-electron chi connectivity index (χ2n) is 6.48. The average Bonchev–Trinajstić information content (AvgIpc) is 2.44. The van der Waals surface area contributed by atoms with Gasteiger partial charge in [0, 0.05) is 0 Å². The van der Waals surface area contributed by atoms with Crippen LogP contribution in [0.5, 0.6) is 0 Å². The summed E-state index contributed by atoms with van der Waals surface area (Å²) in [5, 5.41) is 0. The van der Waals surface area contributed by atoms with Crippen LogP contribution in [-0.2, 0) is 0 Å². The lowest BCUT2D eigenvalue weighted by atomic mass is 10.0. The molecule has 0 aliphatic carbocycles. The summed E-state index contributed by atoms with van der Waals surface area (Å²) in [7, 11) is 0. The highest BCUT2D eigenvalue weighted by molar-refractivity contribution is 4.97. The molecule has 0 heterocycles. The third-order valence-electron chi connectivity index (χ3n) is 4.19. The van der Waals surface area contributed by atoms with Gasteiger partial charge in [0.1, 0.15) is 0 Å². The highest BCUT2D eigenvalue weighted by atomic mass is 14.0. The molecule has 0 fully saturated rings. The van der Waals surface area contributed by atoms with Gasteiger partial charge in [-0.1, -0.05) is 103 Å². The number of hydrogen-bond donors (Lipinski definition) is 0. The van der Waals surface area contributed by atoms with E-state index in [1.807, 2.05) is 0 Å². The second kappa shape index (κ2) is 16.8. The van der Waals surface area contributed by atoms with Crippen molar-refractivity contribution in [3.05, 3.63) is 11.6 Å². The van der Waals surface area contributed by atoms with Crippen LogP contribution in [0.15, 0.2) is 11.6 Å². The van der Waals surface area contributed by atoms with Gasteiger partial charge in [-0.3, -0.25) is 0 Å². The van der Waals surface area contributed by atoms with Crippen molar-refractivity contribution in [3.63, 3.8) is 0 Å². The minimum Gasteiger partial charge on any atom is -0.0856 e. The Morgan fingerprint density at radius 2 is 1.05 bits per heavy atom. The number of allylic oxidation sites excluding steroid dienone is 2. The van der Waals surface area contributed by atoms with Gasteiger partial charge in [0.25, 0.3) is 0 Å². The van der Waals surface area contributed by atoms with Gasteiger partial charge in [-0.2, -0.15) is 0 Å². The van der Waals surface area contributed by atoms with Crippen LogP contribution < -0.4 is 0 Å². The maximum Gasteiger partial charge on any atom is -0.0326 e. The zero-order valence-electron chi connectivity index (χ0n) is 14.7. The standard InChI is InChI=1S/C20H40/c1-4-6-7-8-9-10-11-12-13-14-15-16-17-19-20(3)18-5-2/h19H,4-18H2,1-3H3. The van der Waals surface area contributed by atoms with E-state index in [1.165, 1.54) is 96.3 Å². The molecule has 0 bridgehead atoms. The lowest BCUT2D eigenvalue weighted by Gasteiger charge is -2.02. The van der Waals surface area contributed by atoms with E-state index < -0.39 is 0 Å². The molecule has 0 N–H and O–H groups in total. The molecule has 0 saturated heterocycles. The van der Waals surface area contributed by atoms with Crippen LogP contribution in [-0.4, -0.2) is 0 Å². The Morgan fingerprint density at radius 3 is 1.50 bits per heavy atom. The summed E-state index contributed by atoms with van der Waals surface area (Å²) in [5.41, 5.74) is 1.59. The van der Waals surface area contributed by atoms with E-state index in [-0.39, 0.29) is 0 Å². The van der Waals surface area contributed by atoms with Gasteiger partial charge in [-0.15, -0.1) is 0 Å². The summed E-state index contributed by atoms with van der Waals surface area (Å²) in [5.74, 6) is 0. The normalized spacial score (nSPS) is 12.1. The first kappa shape index (κ1) is 19.7. The molecule has 0 spiro atoms. The van der Waals surface area contributed by atoms with Gasteiger partial charge >= 0.3 is 0 Å². The average molecular weight is 281 g/mol. The highest BCUT2D eigenvalue weighted by Gasteiger charge is 1.93. The van der Waals surface area contributed by atoms with Crippen LogP contribution in [0.4, 0.5) is 0 Å². The van der Waals surface area contributed by atoms with Crippen LogP contribution in [0.3, 0.4) is 0 Å². The third kappa shape index (κ3) is 15.8. The minimum atomic E-state index is 1.29. The van der Waals surface area contributed by atoms with Crippen molar-refractivity contribution in [3.8, 4) is 0 Å². The van der Waals surface area contributed by atoms with Crippen molar-refractivity contribution in [2.24, 2.45) is 0 Å². The molecule has 0 heteroatoms. The SMILES string of the molecule is CCCCCCCCCCCCCCC=C(C)CCC. The highest BCUT2D eigenvalue weighted by Crippen LogP contribution is 2.13. The molecule has 0 amide bonds. The van der Waals surface area contributed by atoms with Gasteiger partial charge in [0.2, 0.25) is 0 Å². The van der Waals surface area contributed by atoms with Crippen molar-refractivity contribution in [1.29, 1.82) is 0 Å². The summed E-state index contributed by atoms with van der Waals surface area (Å²) < 4.78 is 0. The fourth-order valence-electron chi connectivity index (χ4n) is 2.83. The quantitative estimate of drug-likeness (QED) is 0.212. The van der Waals surface area contributed by atoms with E-state index in [4.69, 9.17) is 0 Å². The molecule has 0 aliphatic heterocycles. The van der Waals surface area contributed by atoms with Crippen LogP contribution in [0.1, 0.15) is 117 Å². The molecule has 120 valence electrons. The number of rotatable bonds is 15. The van der Waals surface area contributed by atoms with Crippen LogP contribution in [0.2, 0.25) is 0 Å². The molecule has 0 aromatic rings. The molecular formula is C20H40. The number of unbranched alkanes of at least 4 members (excludes halogenated alkanes) is 12. The molecule has 0 aromatic heterocycles. The first-order chi connectivity index (χ1) is 9.81.